The van der Waals surface area contributed by atoms with Crippen molar-refractivity contribution in [3.05, 3.63) is 69.6 Å². The molecule has 4 nitrogen and oxygen atoms in total. The van der Waals surface area contributed by atoms with E-state index in [1.54, 1.807) is 0 Å². The predicted octanol–water partition coefficient (Wildman–Crippen LogP) is 5.24. The topological polar surface area (TPSA) is 54.3 Å². The van der Waals surface area contributed by atoms with E-state index < -0.39 is 17.4 Å². The van der Waals surface area contributed by atoms with Crippen LogP contribution in [0, 0.1) is 13.8 Å². The van der Waals surface area contributed by atoms with Crippen LogP contribution in [-0.2, 0) is 6.18 Å². The van der Waals surface area contributed by atoms with E-state index in [0.717, 1.165) is 16.8 Å². The molecular formula is C19H15F3N2O2S. The number of thiocarbonyl (C=S) groups is 1. The number of anilines is 2. The van der Waals surface area contributed by atoms with E-state index in [9.17, 15) is 18.0 Å². The molecule has 27 heavy (non-hydrogen) atoms. The fourth-order valence-electron chi connectivity index (χ4n) is 2.63. The van der Waals surface area contributed by atoms with E-state index >= 15 is 0 Å². The Balaban J connectivity index is 1.88. The predicted molar refractivity (Wildman–Crippen MR) is 103 cm³/mol. The third kappa shape index (κ3) is 4.28. The summed E-state index contributed by atoms with van der Waals surface area (Å²) in [5.74, 6) is 0. The first-order chi connectivity index (χ1) is 12.6. The van der Waals surface area contributed by atoms with Gasteiger partial charge in [-0.3, -0.25) is 0 Å². The summed E-state index contributed by atoms with van der Waals surface area (Å²) in [6.45, 7) is 3.87. The first kappa shape index (κ1) is 18.9. The molecule has 8 heteroatoms. The van der Waals surface area contributed by atoms with Crippen molar-refractivity contribution < 1.29 is 17.6 Å². The zero-order chi connectivity index (χ0) is 19.8. The molecule has 3 aromatic rings. The van der Waals surface area contributed by atoms with Crippen LogP contribution < -0.4 is 16.3 Å². The maximum absolute atomic E-state index is 13.1. The van der Waals surface area contributed by atoms with Gasteiger partial charge in [0.2, 0.25) is 0 Å². The van der Waals surface area contributed by atoms with Gasteiger partial charge in [0, 0.05) is 28.9 Å². The zero-order valence-corrected chi connectivity index (χ0v) is 15.2. The SMILES string of the molecule is Cc1ccc(C)c(NC(=S)Nc2ccc3c(C(F)(F)F)cc(=O)oc3c2)c1. The van der Waals surface area contributed by atoms with Crippen molar-refractivity contribution in [3.63, 3.8) is 0 Å². The Morgan fingerprint density at radius 2 is 1.78 bits per heavy atom. The van der Waals surface area contributed by atoms with E-state index in [1.165, 1.54) is 18.2 Å². The number of hydrogen-bond acceptors (Lipinski definition) is 3. The monoisotopic (exact) mass is 392 g/mol. The summed E-state index contributed by atoms with van der Waals surface area (Å²) in [5, 5.41) is 5.99. The molecule has 1 aromatic heterocycles. The molecule has 3 rings (SSSR count). The summed E-state index contributed by atoms with van der Waals surface area (Å²) in [6.07, 6.45) is -4.65. The number of hydrogen-bond donors (Lipinski definition) is 2. The molecular weight excluding hydrogens is 377 g/mol. The Morgan fingerprint density at radius 3 is 2.48 bits per heavy atom. The summed E-state index contributed by atoms with van der Waals surface area (Å²) in [7, 11) is 0. The van der Waals surface area contributed by atoms with Gasteiger partial charge in [-0.1, -0.05) is 12.1 Å². The number of halogens is 3. The summed E-state index contributed by atoms with van der Waals surface area (Å²) in [6, 6.07) is 10.3. The molecule has 0 radical (unpaired) electrons. The molecule has 0 aliphatic heterocycles. The van der Waals surface area contributed by atoms with Gasteiger partial charge in [-0.25, -0.2) is 4.79 Å². The van der Waals surface area contributed by atoms with Crippen molar-refractivity contribution in [1.82, 2.24) is 0 Å². The van der Waals surface area contributed by atoms with Gasteiger partial charge < -0.3 is 15.1 Å². The zero-order valence-electron chi connectivity index (χ0n) is 14.4. The number of fused-ring (bicyclic) bond motifs is 1. The minimum Gasteiger partial charge on any atom is -0.423 e. The molecule has 0 unspecified atom stereocenters. The average molecular weight is 392 g/mol. The third-order valence-corrected chi connectivity index (χ3v) is 4.15. The maximum atomic E-state index is 13.1. The fourth-order valence-corrected chi connectivity index (χ4v) is 2.86. The lowest BCUT2D eigenvalue weighted by atomic mass is 10.1. The quantitative estimate of drug-likeness (QED) is 0.462. The molecule has 0 spiro atoms. The summed E-state index contributed by atoms with van der Waals surface area (Å²) in [5.41, 5.74) is 0.989. The van der Waals surface area contributed by atoms with E-state index in [2.05, 4.69) is 10.6 Å². The lowest BCUT2D eigenvalue weighted by Crippen LogP contribution is -2.19. The van der Waals surface area contributed by atoms with Gasteiger partial charge in [0.1, 0.15) is 5.58 Å². The molecule has 0 atom stereocenters. The van der Waals surface area contributed by atoms with Gasteiger partial charge in [0.15, 0.2) is 5.11 Å². The Hall–Kier alpha value is -2.87. The van der Waals surface area contributed by atoms with Gasteiger partial charge in [-0.15, -0.1) is 0 Å². The lowest BCUT2D eigenvalue weighted by molar-refractivity contribution is -0.136. The number of benzene rings is 2. The molecule has 0 aliphatic carbocycles. The molecule has 140 valence electrons. The molecule has 0 bridgehead atoms. The lowest BCUT2D eigenvalue weighted by Gasteiger charge is -2.14. The normalized spacial score (nSPS) is 11.4. The van der Waals surface area contributed by atoms with Crippen molar-refractivity contribution in [2.45, 2.75) is 20.0 Å². The highest BCUT2D eigenvalue weighted by Crippen LogP contribution is 2.34. The first-order valence-electron chi connectivity index (χ1n) is 7.94. The van der Waals surface area contributed by atoms with Crippen molar-refractivity contribution in [2.75, 3.05) is 10.6 Å². The summed E-state index contributed by atoms with van der Waals surface area (Å²) < 4.78 is 44.2. The Labute approximate surface area is 158 Å². The van der Waals surface area contributed by atoms with Crippen LogP contribution in [0.3, 0.4) is 0 Å². The van der Waals surface area contributed by atoms with E-state index in [4.69, 9.17) is 16.6 Å². The van der Waals surface area contributed by atoms with Crippen LogP contribution in [-0.4, -0.2) is 5.11 Å². The molecule has 2 aromatic carbocycles. The summed E-state index contributed by atoms with van der Waals surface area (Å²) >= 11 is 5.26. The van der Waals surface area contributed by atoms with Crippen LogP contribution in [0.2, 0.25) is 0 Å². The average Bonchev–Trinajstić information content (AvgIpc) is 2.56. The molecule has 2 N–H and O–H groups in total. The fraction of sp³-hybridized carbons (Fsp3) is 0.158. The van der Waals surface area contributed by atoms with E-state index in [0.29, 0.717) is 11.8 Å². The van der Waals surface area contributed by atoms with Crippen LogP contribution in [0.25, 0.3) is 11.0 Å². The highest BCUT2D eigenvalue weighted by Gasteiger charge is 2.33. The second-order valence-electron chi connectivity index (χ2n) is 6.09. The van der Waals surface area contributed by atoms with Crippen molar-refractivity contribution in [2.24, 2.45) is 0 Å². The molecule has 0 amide bonds. The van der Waals surface area contributed by atoms with Crippen LogP contribution in [0.15, 0.2) is 51.7 Å². The van der Waals surface area contributed by atoms with Gasteiger partial charge in [-0.05, 0) is 55.4 Å². The van der Waals surface area contributed by atoms with Crippen molar-refractivity contribution >= 4 is 39.7 Å². The maximum Gasteiger partial charge on any atom is 0.417 e. The minimum absolute atomic E-state index is 0.172. The molecule has 0 saturated heterocycles. The smallest absolute Gasteiger partial charge is 0.417 e. The van der Waals surface area contributed by atoms with Crippen LogP contribution >= 0.6 is 12.2 Å². The number of alkyl halides is 3. The standard InChI is InChI=1S/C19H15F3N2O2S/c1-10-3-4-11(2)15(7-10)24-18(27)23-12-5-6-13-14(19(20,21)22)9-17(25)26-16(13)8-12/h3-9H,1-2H3,(H2,23,24,27). The third-order valence-electron chi connectivity index (χ3n) is 3.95. The summed E-state index contributed by atoms with van der Waals surface area (Å²) in [4.78, 5) is 11.5. The van der Waals surface area contributed by atoms with Gasteiger partial charge >= 0.3 is 11.8 Å². The van der Waals surface area contributed by atoms with Crippen molar-refractivity contribution in [3.8, 4) is 0 Å². The van der Waals surface area contributed by atoms with E-state index in [-0.39, 0.29) is 16.1 Å². The van der Waals surface area contributed by atoms with Crippen LogP contribution in [0.1, 0.15) is 16.7 Å². The number of aryl methyl sites for hydroxylation is 2. The van der Waals surface area contributed by atoms with Gasteiger partial charge in [-0.2, -0.15) is 13.2 Å². The van der Waals surface area contributed by atoms with Gasteiger partial charge in [0.05, 0.1) is 5.56 Å². The molecule has 0 saturated carbocycles. The second kappa shape index (κ2) is 7.03. The Bertz CT molecular complexity index is 1090. The van der Waals surface area contributed by atoms with Crippen molar-refractivity contribution in [1.29, 1.82) is 0 Å². The number of nitrogens with one attached hydrogen (secondary N) is 2. The molecule has 0 aliphatic rings. The number of rotatable bonds is 2. The minimum atomic E-state index is -4.65. The van der Waals surface area contributed by atoms with E-state index in [1.807, 2.05) is 32.0 Å². The Kier molecular flexibility index (Phi) is 4.93. The largest absolute Gasteiger partial charge is 0.423 e. The highest BCUT2D eigenvalue weighted by atomic mass is 32.1. The van der Waals surface area contributed by atoms with Gasteiger partial charge in [0.25, 0.3) is 0 Å². The molecule has 1 heterocycles. The highest BCUT2D eigenvalue weighted by molar-refractivity contribution is 7.80. The van der Waals surface area contributed by atoms with Crippen LogP contribution in [0.4, 0.5) is 24.5 Å². The van der Waals surface area contributed by atoms with Crippen LogP contribution in [0.5, 0.6) is 0 Å². The second-order valence-corrected chi connectivity index (χ2v) is 6.49. The first-order valence-corrected chi connectivity index (χ1v) is 8.35. The Morgan fingerprint density at radius 1 is 1.04 bits per heavy atom. The molecule has 0 fully saturated rings.